The van der Waals surface area contributed by atoms with E-state index in [2.05, 4.69) is 5.10 Å². The van der Waals surface area contributed by atoms with E-state index in [1.807, 2.05) is 37.3 Å². The van der Waals surface area contributed by atoms with Crippen LogP contribution in [-0.4, -0.2) is 22.9 Å². The minimum Gasteiger partial charge on any atom is -0.472 e. The van der Waals surface area contributed by atoms with Gasteiger partial charge in [0.1, 0.15) is 12.3 Å². The number of carbonyl (C=O) groups is 1. The number of aromatic nitrogens is 2. The maximum absolute atomic E-state index is 11.5. The molecule has 0 atom stereocenters. The summed E-state index contributed by atoms with van der Waals surface area (Å²) in [7, 11) is 1.35. The molecule has 0 radical (unpaired) electrons. The molecule has 0 N–H and O–H groups in total. The lowest BCUT2D eigenvalue weighted by Crippen LogP contribution is -2.10. The molecular weight excluding hydrogens is 244 g/mol. The standard InChI is InChI=1S/C14H16N2O3/c1-3-16-12(14(17)18-2)9-13(15-16)19-10-11-7-5-4-6-8-11/h4-9H,3,10H2,1-2H3. The van der Waals surface area contributed by atoms with E-state index in [0.29, 0.717) is 24.7 Å². The van der Waals surface area contributed by atoms with E-state index >= 15 is 0 Å². The maximum atomic E-state index is 11.5. The lowest BCUT2D eigenvalue weighted by Gasteiger charge is -2.02. The molecule has 0 fully saturated rings. The first kappa shape index (κ1) is 13.1. The number of nitrogens with zero attached hydrogens (tertiary/aromatic N) is 2. The molecule has 0 unspecified atom stereocenters. The van der Waals surface area contributed by atoms with Gasteiger partial charge < -0.3 is 9.47 Å². The summed E-state index contributed by atoms with van der Waals surface area (Å²) < 4.78 is 11.8. The molecule has 2 rings (SSSR count). The number of benzene rings is 1. The van der Waals surface area contributed by atoms with E-state index in [-0.39, 0.29) is 0 Å². The highest BCUT2D eigenvalue weighted by Crippen LogP contribution is 2.14. The van der Waals surface area contributed by atoms with Crippen molar-refractivity contribution in [2.75, 3.05) is 7.11 Å². The highest BCUT2D eigenvalue weighted by Gasteiger charge is 2.15. The van der Waals surface area contributed by atoms with Gasteiger partial charge in [0.05, 0.1) is 7.11 Å². The summed E-state index contributed by atoms with van der Waals surface area (Å²) in [4.78, 5) is 11.5. The van der Waals surface area contributed by atoms with Crippen molar-refractivity contribution in [2.45, 2.75) is 20.1 Å². The molecule has 1 heterocycles. The Morgan fingerprint density at radius 1 is 1.32 bits per heavy atom. The average Bonchev–Trinajstić information content (AvgIpc) is 2.88. The number of ether oxygens (including phenoxy) is 2. The van der Waals surface area contributed by atoms with Crippen LogP contribution in [0.3, 0.4) is 0 Å². The molecule has 5 nitrogen and oxygen atoms in total. The van der Waals surface area contributed by atoms with Gasteiger partial charge in [0.2, 0.25) is 5.88 Å². The summed E-state index contributed by atoms with van der Waals surface area (Å²) in [5, 5.41) is 4.21. The second-order valence-corrected chi connectivity index (χ2v) is 3.95. The monoisotopic (exact) mass is 260 g/mol. The average molecular weight is 260 g/mol. The molecule has 0 aliphatic heterocycles. The first-order valence-corrected chi connectivity index (χ1v) is 6.07. The molecule has 0 saturated heterocycles. The van der Waals surface area contributed by atoms with Crippen LogP contribution in [0.5, 0.6) is 5.88 Å². The third-order valence-corrected chi connectivity index (χ3v) is 2.68. The zero-order valence-electron chi connectivity index (χ0n) is 11.0. The van der Waals surface area contributed by atoms with Crippen LogP contribution in [0.15, 0.2) is 36.4 Å². The van der Waals surface area contributed by atoms with Gasteiger partial charge in [0, 0.05) is 12.6 Å². The molecule has 0 aliphatic rings. The van der Waals surface area contributed by atoms with Gasteiger partial charge in [-0.25, -0.2) is 4.79 Å². The first-order valence-electron chi connectivity index (χ1n) is 6.07. The Morgan fingerprint density at radius 3 is 2.68 bits per heavy atom. The molecule has 5 heteroatoms. The summed E-state index contributed by atoms with van der Waals surface area (Å²) in [5.74, 6) is 0.00927. The van der Waals surface area contributed by atoms with E-state index in [1.54, 1.807) is 10.7 Å². The lowest BCUT2D eigenvalue weighted by molar-refractivity contribution is 0.0587. The highest BCUT2D eigenvalue weighted by atomic mass is 16.5. The number of rotatable bonds is 5. The normalized spacial score (nSPS) is 10.2. The zero-order valence-corrected chi connectivity index (χ0v) is 11.0. The van der Waals surface area contributed by atoms with E-state index in [9.17, 15) is 4.79 Å². The summed E-state index contributed by atoms with van der Waals surface area (Å²) in [5.41, 5.74) is 1.45. The molecule has 1 aromatic carbocycles. The second-order valence-electron chi connectivity index (χ2n) is 3.95. The summed E-state index contributed by atoms with van der Waals surface area (Å²) >= 11 is 0. The van der Waals surface area contributed by atoms with E-state index < -0.39 is 5.97 Å². The van der Waals surface area contributed by atoms with Gasteiger partial charge in [0.15, 0.2) is 0 Å². The summed E-state index contributed by atoms with van der Waals surface area (Å²) in [6, 6.07) is 11.4. The molecular formula is C14H16N2O3. The third-order valence-electron chi connectivity index (χ3n) is 2.68. The first-order chi connectivity index (χ1) is 9.24. The predicted molar refractivity (Wildman–Crippen MR) is 70.0 cm³/mol. The van der Waals surface area contributed by atoms with Crippen molar-refractivity contribution >= 4 is 5.97 Å². The van der Waals surface area contributed by atoms with Gasteiger partial charge in [-0.1, -0.05) is 30.3 Å². The van der Waals surface area contributed by atoms with Crippen molar-refractivity contribution in [3.8, 4) is 5.88 Å². The minimum atomic E-state index is -0.413. The number of carbonyl (C=O) groups excluding carboxylic acids is 1. The zero-order chi connectivity index (χ0) is 13.7. The van der Waals surface area contributed by atoms with Crippen molar-refractivity contribution in [1.82, 2.24) is 9.78 Å². The van der Waals surface area contributed by atoms with Gasteiger partial charge >= 0.3 is 5.97 Å². The van der Waals surface area contributed by atoms with E-state index in [4.69, 9.17) is 9.47 Å². The fraction of sp³-hybridized carbons (Fsp3) is 0.286. The Bertz CT molecular complexity index is 549. The fourth-order valence-electron chi connectivity index (χ4n) is 1.71. The Morgan fingerprint density at radius 2 is 2.05 bits per heavy atom. The number of esters is 1. The van der Waals surface area contributed by atoms with Crippen LogP contribution in [0, 0.1) is 0 Å². The van der Waals surface area contributed by atoms with Crippen LogP contribution in [-0.2, 0) is 17.9 Å². The van der Waals surface area contributed by atoms with Gasteiger partial charge in [-0.2, -0.15) is 0 Å². The Labute approximate surface area is 111 Å². The smallest absolute Gasteiger partial charge is 0.356 e. The molecule has 1 aromatic heterocycles. The van der Waals surface area contributed by atoms with Crippen LogP contribution >= 0.6 is 0 Å². The van der Waals surface area contributed by atoms with Crippen LogP contribution in [0.4, 0.5) is 0 Å². The van der Waals surface area contributed by atoms with E-state index in [1.165, 1.54) is 7.11 Å². The third kappa shape index (κ3) is 3.13. The van der Waals surface area contributed by atoms with E-state index in [0.717, 1.165) is 5.56 Å². The molecule has 2 aromatic rings. The molecule has 0 bridgehead atoms. The maximum Gasteiger partial charge on any atom is 0.356 e. The van der Waals surface area contributed by atoms with Crippen LogP contribution in [0.1, 0.15) is 23.0 Å². The van der Waals surface area contributed by atoms with Gasteiger partial charge in [0.25, 0.3) is 0 Å². The number of methoxy groups -OCH3 is 1. The summed E-state index contributed by atoms with van der Waals surface area (Å²) in [6.07, 6.45) is 0. The van der Waals surface area contributed by atoms with Gasteiger partial charge in [-0.3, -0.25) is 4.68 Å². The molecule has 0 aliphatic carbocycles. The molecule has 19 heavy (non-hydrogen) atoms. The van der Waals surface area contributed by atoms with Crippen molar-refractivity contribution in [3.05, 3.63) is 47.7 Å². The Hall–Kier alpha value is -2.30. The Kier molecular flexibility index (Phi) is 4.18. The van der Waals surface area contributed by atoms with Crippen molar-refractivity contribution in [1.29, 1.82) is 0 Å². The molecule has 0 saturated carbocycles. The number of hydrogen-bond donors (Lipinski definition) is 0. The lowest BCUT2D eigenvalue weighted by atomic mass is 10.2. The molecule has 100 valence electrons. The minimum absolute atomic E-state index is 0.396. The Balaban J connectivity index is 2.09. The van der Waals surface area contributed by atoms with Crippen LogP contribution < -0.4 is 4.74 Å². The van der Waals surface area contributed by atoms with Crippen LogP contribution in [0.2, 0.25) is 0 Å². The number of aryl methyl sites for hydroxylation is 1. The molecule has 0 amide bonds. The van der Waals surface area contributed by atoms with Crippen molar-refractivity contribution < 1.29 is 14.3 Å². The second kappa shape index (κ2) is 6.04. The fourth-order valence-corrected chi connectivity index (χ4v) is 1.71. The van der Waals surface area contributed by atoms with Crippen molar-refractivity contribution in [3.63, 3.8) is 0 Å². The molecule has 0 spiro atoms. The largest absolute Gasteiger partial charge is 0.472 e. The van der Waals surface area contributed by atoms with Gasteiger partial charge in [-0.05, 0) is 12.5 Å². The summed E-state index contributed by atoms with van der Waals surface area (Å²) in [6.45, 7) is 2.90. The van der Waals surface area contributed by atoms with Gasteiger partial charge in [-0.15, -0.1) is 5.10 Å². The predicted octanol–water partition coefficient (Wildman–Crippen LogP) is 2.27. The number of hydrogen-bond acceptors (Lipinski definition) is 4. The highest BCUT2D eigenvalue weighted by molar-refractivity contribution is 5.87. The van der Waals surface area contributed by atoms with Crippen LogP contribution in [0.25, 0.3) is 0 Å². The quantitative estimate of drug-likeness (QED) is 0.774. The topological polar surface area (TPSA) is 53.4 Å². The SMILES string of the molecule is CCn1nc(OCc2ccccc2)cc1C(=O)OC. The van der Waals surface area contributed by atoms with Crippen molar-refractivity contribution in [2.24, 2.45) is 0 Å².